The molecule has 0 aliphatic carbocycles. The summed E-state index contributed by atoms with van der Waals surface area (Å²) in [5, 5.41) is 8.89. The second-order valence-electron chi connectivity index (χ2n) is 7.05. The molecule has 0 atom stereocenters. The molecule has 0 bridgehead atoms. The molecule has 7 heteroatoms. The van der Waals surface area contributed by atoms with Crippen LogP contribution in [0.2, 0.25) is 0 Å². The summed E-state index contributed by atoms with van der Waals surface area (Å²) in [5.74, 6) is -0.427. The summed E-state index contributed by atoms with van der Waals surface area (Å²) in [6.07, 6.45) is 1.85. The Morgan fingerprint density at radius 3 is 2.82 bits per heavy atom. The molecule has 2 aromatic carbocycles. The standard InChI is InChI=1S/C21H25N5O2/c1-25-20-5-3-15(12-17(20)14-24-25)18-13-16(21(22)27)2-4-19(18)23-6-7-26-8-10-28-11-9-26/h2-5,12-14,23H,6-11H2,1H3,(H2,22,27). The number of hydrogen-bond acceptors (Lipinski definition) is 5. The first kappa shape index (κ1) is 18.5. The van der Waals surface area contributed by atoms with Gasteiger partial charge in [-0.3, -0.25) is 14.4 Å². The first-order chi connectivity index (χ1) is 13.6. The third-order valence-electron chi connectivity index (χ3n) is 5.21. The molecule has 0 radical (unpaired) electrons. The molecule has 1 saturated heterocycles. The van der Waals surface area contributed by atoms with Gasteiger partial charge in [0.25, 0.3) is 0 Å². The number of nitrogens with one attached hydrogen (secondary N) is 1. The summed E-state index contributed by atoms with van der Waals surface area (Å²) in [5.41, 5.74) is 10.1. The van der Waals surface area contributed by atoms with E-state index in [1.807, 2.05) is 36.1 Å². The van der Waals surface area contributed by atoms with Gasteiger partial charge in [-0.05, 0) is 35.9 Å². The van der Waals surface area contributed by atoms with E-state index in [1.54, 1.807) is 6.07 Å². The van der Waals surface area contributed by atoms with Crippen LogP contribution in [0.4, 0.5) is 5.69 Å². The smallest absolute Gasteiger partial charge is 0.248 e. The van der Waals surface area contributed by atoms with Gasteiger partial charge in [0.05, 0.1) is 24.9 Å². The van der Waals surface area contributed by atoms with E-state index in [-0.39, 0.29) is 0 Å². The maximum Gasteiger partial charge on any atom is 0.248 e. The van der Waals surface area contributed by atoms with Gasteiger partial charge < -0.3 is 15.8 Å². The van der Waals surface area contributed by atoms with Gasteiger partial charge in [0.1, 0.15) is 0 Å². The van der Waals surface area contributed by atoms with E-state index in [0.717, 1.165) is 67.1 Å². The number of carbonyl (C=O) groups excluding carboxylic acids is 1. The minimum Gasteiger partial charge on any atom is -0.383 e. The Kier molecular flexibility index (Phi) is 5.27. The van der Waals surface area contributed by atoms with Crippen molar-refractivity contribution >= 4 is 22.5 Å². The highest BCUT2D eigenvalue weighted by Crippen LogP contribution is 2.31. The van der Waals surface area contributed by atoms with Gasteiger partial charge in [0.2, 0.25) is 5.91 Å². The number of anilines is 1. The Morgan fingerprint density at radius 1 is 1.21 bits per heavy atom. The number of primary amides is 1. The van der Waals surface area contributed by atoms with E-state index >= 15 is 0 Å². The zero-order valence-corrected chi connectivity index (χ0v) is 16.0. The number of fused-ring (bicyclic) bond motifs is 1. The normalized spacial score (nSPS) is 15.0. The molecule has 1 aliphatic rings. The molecule has 7 nitrogen and oxygen atoms in total. The zero-order valence-electron chi connectivity index (χ0n) is 16.0. The van der Waals surface area contributed by atoms with E-state index in [1.165, 1.54) is 0 Å². The molecule has 1 amide bonds. The number of hydrogen-bond donors (Lipinski definition) is 2. The lowest BCUT2D eigenvalue weighted by molar-refractivity contribution is 0.0398. The minimum absolute atomic E-state index is 0.427. The predicted octanol–water partition coefficient (Wildman–Crippen LogP) is 2.08. The molecule has 1 aliphatic heterocycles. The summed E-state index contributed by atoms with van der Waals surface area (Å²) < 4.78 is 7.25. The number of aryl methyl sites for hydroxylation is 1. The number of ether oxygens (including phenoxy) is 1. The third-order valence-corrected chi connectivity index (χ3v) is 5.21. The van der Waals surface area contributed by atoms with Crippen LogP contribution in [0.5, 0.6) is 0 Å². The molecule has 3 aromatic rings. The van der Waals surface area contributed by atoms with E-state index < -0.39 is 5.91 Å². The number of rotatable bonds is 6. The van der Waals surface area contributed by atoms with E-state index in [0.29, 0.717) is 5.56 Å². The summed E-state index contributed by atoms with van der Waals surface area (Å²) in [6, 6.07) is 11.8. The molecule has 0 spiro atoms. The number of carbonyl (C=O) groups is 1. The Bertz CT molecular complexity index is 992. The fourth-order valence-electron chi connectivity index (χ4n) is 3.60. The Balaban J connectivity index is 1.60. The molecule has 0 unspecified atom stereocenters. The van der Waals surface area contributed by atoms with Crippen molar-refractivity contribution in [3.63, 3.8) is 0 Å². The highest BCUT2D eigenvalue weighted by molar-refractivity contribution is 5.96. The van der Waals surface area contributed by atoms with Crippen LogP contribution in [0.1, 0.15) is 10.4 Å². The van der Waals surface area contributed by atoms with Crippen LogP contribution in [-0.2, 0) is 11.8 Å². The van der Waals surface area contributed by atoms with E-state index in [2.05, 4.69) is 27.4 Å². The summed E-state index contributed by atoms with van der Waals surface area (Å²) in [6.45, 7) is 5.28. The first-order valence-electron chi connectivity index (χ1n) is 9.52. The molecule has 146 valence electrons. The van der Waals surface area contributed by atoms with E-state index in [4.69, 9.17) is 10.5 Å². The van der Waals surface area contributed by atoms with Crippen molar-refractivity contribution in [3.05, 3.63) is 48.2 Å². The largest absolute Gasteiger partial charge is 0.383 e. The number of amides is 1. The minimum atomic E-state index is -0.427. The van der Waals surface area contributed by atoms with Gasteiger partial charge in [-0.15, -0.1) is 0 Å². The maximum absolute atomic E-state index is 11.7. The van der Waals surface area contributed by atoms with Gasteiger partial charge >= 0.3 is 0 Å². The molecule has 4 rings (SSSR count). The number of benzene rings is 2. The summed E-state index contributed by atoms with van der Waals surface area (Å²) in [4.78, 5) is 14.1. The van der Waals surface area contributed by atoms with Crippen molar-refractivity contribution in [1.29, 1.82) is 0 Å². The predicted molar refractivity (Wildman–Crippen MR) is 110 cm³/mol. The third kappa shape index (κ3) is 3.85. The monoisotopic (exact) mass is 379 g/mol. The van der Waals surface area contributed by atoms with Crippen molar-refractivity contribution in [2.45, 2.75) is 0 Å². The van der Waals surface area contributed by atoms with Crippen LogP contribution in [0, 0.1) is 0 Å². The van der Waals surface area contributed by atoms with Crippen LogP contribution in [0.3, 0.4) is 0 Å². The molecule has 3 N–H and O–H groups in total. The molecule has 1 aromatic heterocycles. The fourth-order valence-corrected chi connectivity index (χ4v) is 3.60. The maximum atomic E-state index is 11.7. The van der Waals surface area contributed by atoms with Crippen LogP contribution in [0.25, 0.3) is 22.0 Å². The van der Waals surface area contributed by atoms with Crippen molar-refractivity contribution in [3.8, 4) is 11.1 Å². The van der Waals surface area contributed by atoms with Gasteiger partial charge in [0.15, 0.2) is 0 Å². The molecule has 0 saturated carbocycles. The summed E-state index contributed by atoms with van der Waals surface area (Å²) >= 11 is 0. The van der Waals surface area contributed by atoms with Gasteiger partial charge in [-0.1, -0.05) is 6.07 Å². The van der Waals surface area contributed by atoms with Crippen LogP contribution >= 0.6 is 0 Å². The molecular weight excluding hydrogens is 354 g/mol. The number of nitrogens with two attached hydrogens (primary N) is 1. The van der Waals surface area contributed by atoms with Gasteiger partial charge in [-0.2, -0.15) is 5.10 Å². The van der Waals surface area contributed by atoms with Crippen molar-refractivity contribution < 1.29 is 9.53 Å². The molecular formula is C21H25N5O2. The lowest BCUT2D eigenvalue weighted by Gasteiger charge is -2.26. The fraction of sp³-hybridized carbons (Fsp3) is 0.333. The number of nitrogens with zero attached hydrogens (tertiary/aromatic N) is 3. The lowest BCUT2D eigenvalue weighted by Crippen LogP contribution is -2.39. The van der Waals surface area contributed by atoms with E-state index in [9.17, 15) is 4.79 Å². The first-order valence-corrected chi connectivity index (χ1v) is 9.52. The van der Waals surface area contributed by atoms with Crippen LogP contribution in [-0.4, -0.2) is 60.0 Å². The van der Waals surface area contributed by atoms with Crippen molar-refractivity contribution in [2.24, 2.45) is 12.8 Å². The topological polar surface area (TPSA) is 85.4 Å². The second-order valence-corrected chi connectivity index (χ2v) is 7.05. The second kappa shape index (κ2) is 8.00. The molecule has 1 fully saturated rings. The van der Waals surface area contributed by atoms with Crippen LogP contribution < -0.4 is 11.1 Å². The van der Waals surface area contributed by atoms with Gasteiger partial charge in [-0.25, -0.2) is 0 Å². The van der Waals surface area contributed by atoms with Crippen molar-refractivity contribution in [1.82, 2.24) is 14.7 Å². The Labute approximate surface area is 164 Å². The average Bonchev–Trinajstić information content (AvgIpc) is 3.09. The van der Waals surface area contributed by atoms with Crippen LogP contribution in [0.15, 0.2) is 42.6 Å². The average molecular weight is 379 g/mol. The molecule has 2 heterocycles. The molecule has 28 heavy (non-hydrogen) atoms. The quantitative estimate of drug-likeness (QED) is 0.685. The highest BCUT2D eigenvalue weighted by atomic mass is 16.5. The SMILES string of the molecule is Cn1ncc2cc(-c3cc(C(N)=O)ccc3NCCN3CCOCC3)ccc21. The number of morpholine rings is 1. The summed E-state index contributed by atoms with van der Waals surface area (Å²) in [7, 11) is 1.92. The van der Waals surface area contributed by atoms with Gasteiger partial charge in [0, 0.05) is 55.4 Å². The highest BCUT2D eigenvalue weighted by Gasteiger charge is 2.13. The Morgan fingerprint density at radius 2 is 2.04 bits per heavy atom. The number of aromatic nitrogens is 2. The Hall–Kier alpha value is -2.90. The van der Waals surface area contributed by atoms with Crippen molar-refractivity contribution in [2.75, 3.05) is 44.7 Å². The zero-order chi connectivity index (χ0) is 19.5. The lowest BCUT2D eigenvalue weighted by atomic mass is 9.99.